The number of nitrogens with zero attached hydrogens (tertiary/aromatic N) is 3. The van der Waals surface area contributed by atoms with E-state index in [2.05, 4.69) is 5.32 Å². The van der Waals surface area contributed by atoms with E-state index in [9.17, 15) is 18.0 Å². The molecule has 0 unspecified atom stereocenters. The molecule has 1 atom stereocenters. The minimum atomic E-state index is -3.48. The molecule has 8 nitrogen and oxygen atoms in total. The maximum Gasteiger partial charge on any atom is 0.243 e. The maximum atomic E-state index is 12.5. The Morgan fingerprint density at radius 1 is 1.00 bits per heavy atom. The molecule has 158 valence electrons. The van der Waals surface area contributed by atoms with Gasteiger partial charge in [0, 0.05) is 40.3 Å². The summed E-state index contributed by atoms with van der Waals surface area (Å²) in [4.78, 5) is 26.9. The number of carbonyl (C=O) groups is 2. The van der Waals surface area contributed by atoms with Gasteiger partial charge in [0.25, 0.3) is 0 Å². The molecule has 1 rings (SSSR count). The molecule has 0 saturated carbocycles. The number of hydrogen-bond donors (Lipinski definition) is 1. The fourth-order valence-corrected chi connectivity index (χ4v) is 4.02. The molecule has 1 N–H and O–H groups in total. The van der Waals surface area contributed by atoms with Gasteiger partial charge < -0.3 is 15.1 Å². The Kier molecular flexibility index (Phi) is 9.06. The first kappa shape index (κ1) is 24.1. The lowest BCUT2D eigenvalue weighted by Gasteiger charge is -2.21. The second-order valence-corrected chi connectivity index (χ2v) is 8.74. The van der Waals surface area contributed by atoms with Crippen LogP contribution in [0.15, 0.2) is 29.2 Å². The zero-order valence-electron chi connectivity index (χ0n) is 17.6. The van der Waals surface area contributed by atoms with Gasteiger partial charge in [0.15, 0.2) is 0 Å². The lowest BCUT2D eigenvalue weighted by Crippen LogP contribution is -2.42. The predicted molar refractivity (Wildman–Crippen MR) is 109 cm³/mol. The highest BCUT2D eigenvalue weighted by Gasteiger charge is 2.21. The van der Waals surface area contributed by atoms with Crippen LogP contribution in [0.2, 0.25) is 0 Å². The topological polar surface area (TPSA) is 90.0 Å². The summed E-state index contributed by atoms with van der Waals surface area (Å²) in [5.74, 6) is -0.336. The summed E-state index contributed by atoms with van der Waals surface area (Å²) >= 11 is 0. The molecule has 0 aromatic heterocycles. The van der Waals surface area contributed by atoms with Crippen LogP contribution in [0.4, 0.5) is 0 Å². The number of benzene rings is 1. The van der Waals surface area contributed by atoms with Crippen molar-refractivity contribution in [2.24, 2.45) is 0 Å². The number of rotatable bonds is 10. The quantitative estimate of drug-likeness (QED) is 0.617. The van der Waals surface area contributed by atoms with Gasteiger partial charge in [-0.15, -0.1) is 0 Å². The first-order valence-electron chi connectivity index (χ1n) is 9.32. The molecule has 1 aromatic carbocycles. The fourth-order valence-electron chi connectivity index (χ4n) is 2.57. The van der Waals surface area contributed by atoms with E-state index in [-0.39, 0.29) is 35.8 Å². The SMILES string of the molecule is CCN(CC)S(=O)(=O)c1ccc([C@H](C)NCC(=O)N(C)CC(=O)N(C)C)cc1. The van der Waals surface area contributed by atoms with Gasteiger partial charge in [-0.1, -0.05) is 26.0 Å². The second-order valence-electron chi connectivity index (χ2n) is 6.80. The number of hydrogen-bond acceptors (Lipinski definition) is 5. The average Bonchev–Trinajstić information content (AvgIpc) is 2.66. The van der Waals surface area contributed by atoms with Crippen LogP contribution < -0.4 is 5.32 Å². The fraction of sp³-hybridized carbons (Fsp3) is 0.579. The summed E-state index contributed by atoms with van der Waals surface area (Å²) in [5.41, 5.74) is 0.873. The Labute approximate surface area is 168 Å². The first-order chi connectivity index (χ1) is 13.0. The van der Waals surface area contributed by atoms with Crippen molar-refractivity contribution >= 4 is 21.8 Å². The molecule has 1 aromatic rings. The third-order valence-electron chi connectivity index (χ3n) is 4.58. The van der Waals surface area contributed by atoms with Gasteiger partial charge in [-0.25, -0.2) is 8.42 Å². The summed E-state index contributed by atoms with van der Waals surface area (Å²) in [7, 11) is 1.39. The minimum Gasteiger partial charge on any atom is -0.347 e. The van der Waals surface area contributed by atoms with Crippen LogP contribution in [0.25, 0.3) is 0 Å². The van der Waals surface area contributed by atoms with Crippen molar-refractivity contribution in [1.29, 1.82) is 0 Å². The predicted octanol–water partition coefficient (Wildman–Crippen LogP) is 0.914. The van der Waals surface area contributed by atoms with E-state index in [0.29, 0.717) is 13.1 Å². The average molecular weight is 413 g/mol. The molecule has 0 aliphatic carbocycles. The molecule has 0 saturated heterocycles. The van der Waals surface area contributed by atoms with Crippen LogP contribution in [0.1, 0.15) is 32.4 Å². The standard InChI is InChI=1S/C19H32N4O4S/c1-7-23(8-2)28(26,27)17-11-9-16(10-12-17)15(3)20-13-18(24)22(6)14-19(25)21(4)5/h9-12,15,20H,7-8,13-14H2,1-6H3/t15-/m0/s1. The summed E-state index contributed by atoms with van der Waals surface area (Å²) in [5, 5.41) is 3.11. The zero-order chi connectivity index (χ0) is 21.5. The molecule has 0 bridgehead atoms. The molecule has 0 aliphatic rings. The normalized spacial score (nSPS) is 12.7. The van der Waals surface area contributed by atoms with Crippen LogP contribution in [-0.4, -0.2) is 81.7 Å². The van der Waals surface area contributed by atoms with Crippen molar-refractivity contribution in [1.82, 2.24) is 19.4 Å². The van der Waals surface area contributed by atoms with Crippen LogP contribution in [0.5, 0.6) is 0 Å². The van der Waals surface area contributed by atoms with Crippen molar-refractivity contribution in [3.8, 4) is 0 Å². The van der Waals surface area contributed by atoms with Gasteiger partial charge >= 0.3 is 0 Å². The van der Waals surface area contributed by atoms with Crippen molar-refractivity contribution in [3.05, 3.63) is 29.8 Å². The van der Waals surface area contributed by atoms with Crippen molar-refractivity contribution in [2.45, 2.75) is 31.7 Å². The number of sulfonamides is 1. The van der Waals surface area contributed by atoms with Gasteiger partial charge in [-0.2, -0.15) is 4.31 Å². The molecule has 2 amide bonds. The van der Waals surface area contributed by atoms with E-state index >= 15 is 0 Å². The zero-order valence-corrected chi connectivity index (χ0v) is 18.4. The van der Waals surface area contributed by atoms with E-state index in [0.717, 1.165) is 5.56 Å². The Morgan fingerprint density at radius 2 is 1.54 bits per heavy atom. The molecule has 28 heavy (non-hydrogen) atoms. The third kappa shape index (κ3) is 6.29. The Balaban J connectivity index is 2.70. The first-order valence-corrected chi connectivity index (χ1v) is 10.8. The number of likely N-dealkylation sites (N-methyl/N-ethyl adjacent to an activating group) is 2. The molecular weight excluding hydrogens is 380 g/mol. The molecule has 0 fully saturated rings. The minimum absolute atomic E-state index is 0.0276. The monoisotopic (exact) mass is 412 g/mol. The smallest absolute Gasteiger partial charge is 0.243 e. The van der Waals surface area contributed by atoms with Crippen LogP contribution in [0.3, 0.4) is 0 Å². The second kappa shape index (κ2) is 10.5. The van der Waals surface area contributed by atoms with E-state index in [1.54, 1.807) is 45.4 Å². The highest BCUT2D eigenvalue weighted by Crippen LogP contribution is 2.19. The lowest BCUT2D eigenvalue weighted by atomic mass is 10.1. The Morgan fingerprint density at radius 3 is 2.00 bits per heavy atom. The molecular formula is C19H32N4O4S. The largest absolute Gasteiger partial charge is 0.347 e. The van der Waals surface area contributed by atoms with Crippen molar-refractivity contribution in [2.75, 3.05) is 47.3 Å². The summed E-state index contributed by atoms with van der Waals surface area (Å²) < 4.78 is 26.5. The van der Waals surface area contributed by atoms with Crippen molar-refractivity contribution < 1.29 is 18.0 Å². The number of carbonyl (C=O) groups excluding carboxylic acids is 2. The highest BCUT2D eigenvalue weighted by atomic mass is 32.2. The van der Waals surface area contributed by atoms with E-state index in [1.165, 1.54) is 14.1 Å². The molecule has 0 heterocycles. The van der Waals surface area contributed by atoms with E-state index in [4.69, 9.17) is 0 Å². The maximum absolute atomic E-state index is 12.5. The van der Waals surface area contributed by atoms with E-state index in [1.807, 2.05) is 20.8 Å². The summed E-state index contributed by atoms with van der Waals surface area (Å²) in [6.45, 7) is 6.46. The summed E-state index contributed by atoms with van der Waals surface area (Å²) in [6, 6.07) is 6.53. The lowest BCUT2D eigenvalue weighted by molar-refractivity contribution is -0.137. The Bertz CT molecular complexity index is 759. The van der Waals surface area contributed by atoms with Gasteiger partial charge in [0.2, 0.25) is 21.8 Å². The molecule has 0 aliphatic heterocycles. The molecule has 0 spiro atoms. The molecule has 0 radical (unpaired) electrons. The van der Waals surface area contributed by atoms with Crippen LogP contribution in [0, 0.1) is 0 Å². The number of nitrogens with one attached hydrogen (secondary N) is 1. The van der Waals surface area contributed by atoms with Crippen LogP contribution in [-0.2, 0) is 19.6 Å². The number of amides is 2. The Hall–Kier alpha value is -1.97. The summed E-state index contributed by atoms with van der Waals surface area (Å²) in [6.07, 6.45) is 0. The van der Waals surface area contributed by atoms with Crippen molar-refractivity contribution in [3.63, 3.8) is 0 Å². The van der Waals surface area contributed by atoms with Gasteiger partial charge in [-0.3, -0.25) is 9.59 Å². The molecule has 9 heteroatoms. The van der Waals surface area contributed by atoms with E-state index < -0.39 is 10.0 Å². The van der Waals surface area contributed by atoms with Gasteiger partial charge in [0.1, 0.15) is 0 Å². The van der Waals surface area contributed by atoms with Gasteiger partial charge in [-0.05, 0) is 24.6 Å². The highest BCUT2D eigenvalue weighted by molar-refractivity contribution is 7.89. The third-order valence-corrected chi connectivity index (χ3v) is 6.64. The van der Waals surface area contributed by atoms with Crippen LogP contribution >= 0.6 is 0 Å². The van der Waals surface area contributed by atoms with Gasteiger partial charge in [0.05, 0.1) is 18.0 Å².